The molecular formula is C9H13N. The summed E-state index contributed by atoms with van der Waals surface area (Å²) in [5.74, 6) is 0.879. The quantitative estimate of drug-likeness (QED) is 0.524. The van der Waals surface area contributed by atoms with E-state index < -0.39 is 0 Å². The third-order valence-electron chi connectivity index (χ3n) is 2.27. The number of aliphatic imine (C=N–C) groups is 1. The van der Waals surface area contributed by atoms with Crippen molar-refractivity contribution in [1.29, 1.82) is 0 Å². The van der Waals surface area contributed by atoms with Gasteiger partial charge in [0.1, 0.15) is 0 Å². The van der Waals surface area contributed by atoms with Crippen LogP contribution in [0, 0.1) is 5.92 Å². The molecule has 0 bridgehead atoms. The Hall–Kier alpha value is -0.590. The van der Waals surface area contributed by atoms with Gasteiger partial charge in [0.2, 0.25) is 0 Å². The Kier molecular flexibility index (Phi) is 1.37. The zero-order valence-electron chi connectivity index (χ0n) is 6.43. The molecule has 1 aliphatic carbocycles. The molecule has 0 radical (unpaired) electrons. The lowest BCUT2D eigenvalue weighted by Gasteiger charge is -2.08. The molecule has 0 aromatic rings. The summed E-state index contributed by atoms with van der Waals surface area (Å²) in [6, 6.07) is 0. The second-order valence-electron chi connectivity index (χ2n) is 3.37. The Morgan fingerprint density at radius 2 is 2.20 bits per heavy atom. The first kappa shape index (κ1) is 6.14. The van der Waals surface area contributed by atoms with Gasteiger partial charge in [0.15, 0.2) is 0 Å². The fraction of sp³-hybridized carbons (Fsp3) is 0.667. The van der Waals surface area contributed by atoms with Crippen molar-refractivity contribution < 1.29 is 0 Å². The summed E-state index contributed by atoms with van der Waals surface area (Å²) in [5, 5.41) is 0. The van der Waals surface area contributed by atoms with Gasteiger partial charge in [0.05, 0.1) is 0 Å². The van der Waals surface area contributed by atoms with Gasteiger partial charge in [0, 0.05) is 11.9 Å². The molecule has 54 valence electrons. The molecule has 1 heterocycles. The zero-order chi connectivity index (χ0) is 6.97. The van der Waals surface area contributed by atoms with Crippen molar-refractivity contribution in [3.63, 3.8) is 0 Å². The molecule has 2 rings (SSSR count). The maximum Gasteiger partial charge on any atom is 0.0256 e. The minimum Gasteiger partial charge on any atom is -0.265 e. The lowest BCUT2D eigenvalue weighted by molar-refractivity contribution is 0.931. The normalized spacial score (nSPS) is 25.7. The summed E-state index contributed by atoms with van der Waals surface area (Å²) in [5.41, 5.74) is 2.90. The third-order valence-corrected chi connectivity index (χ3v) is 2.27. The summed E-state index contributed by atoms with van der Waals surface area (Å²) >= 11 is 0. The standard InChI is InChI=1S/C9H13N/c1-7-2-5-9(10-6-7)8-3-4-8/h6,8H,2-5H2,1H3. The number of rotatable bonds is 1. The van der Waals surface area contributed by atoms with Crippen molar-refractivity contribution in [1.82, 2.24) is 0 Å². The Morgan fingerprint density at radius 1 is 1.40 bits per heavy atom. The molecule has 0 N–H and O–H groups in total. The number of allylic oxidation sites excluding steroid dienone is 1. The number of nitrogens with zero attached hydrogens (tertiary/aromatic N) is 1. The predicted octanol–water partition coefficient (Wildman–Crippen LogP) is 2.54. The first-order chi connectivity index (χ1) is 4.86. The van der Waals surface area contributed by atoms with Crippen molar-refractivity contribution >= 4 is 5.71 Å². The maximum atomic E-state index is 4.43. The summed E-state index contributed by atoms with van der Waals surface area (Å²) in [4.78, 5) is 4.43. The van der Waals surface area contributed by atoms with Crippen molar-refractivity contribution in [2.24, 2.45) is 10.9 Å². The molecule has 0 atom stereocenters. The molecule has 1 heteroatoms. The topological polar surface area (TPSA) is 12.4 Å². The largest absolute Gasteiger partial charge is 0.265 e. The fourth-order valence-electron chi connectivity index (χ4n) is 1.37. The van der Waals surface area contributed by atoms with Crippen molar-refractivity contribution in [3.8, 4) is 0 Å². The van der Waals surface area contributed by atoms with Gasteiger partial charge in [-0.15, -0.1) is 0 Å². The molecule has 1 aliphatic heterocycles. The summed E-state index contributed by atoms with van der Waals surface area (Å²) in [7, 11) is 0. The smallest absolute Gasteiger partial charge is 0.0256 e. The van der Waals surface area contributed by atoms with E-state index in [0.717, 1.165) is 5.92 Å². The minimum absolute atomic E-state index is 0.879. The van der Waals surface area contributed by atoms with Crippen LogP contribution in [0.5, 0.6) is 0 Å². The van der Waals surface area contributed by atoms with E-state index in [4.69, 9.17) is 0 Å². The first-order valence-corrected chi connectivity index (χ1v) is 4.08. The monoisotopic (exact) mass is 135 g/mol. The van der Waals surface area contributed by atoms with Crippen molar-refractivity contribution in [2.45, 2.75) is 32.6 Å². The number of hydrogen-bond acceptors (Lipinski definition) is 1. The Labute approximate surface area is 61.9 Å². The van der Waals surface area contributed by atoms with Crippen LogP contribution in [0.2, 0.25) is 0 Å². The Balaban J connectivity index is 2.09. The average molecular weight is 135 g/mol. The molecule has 10 heavy (non-hydrogen) atoms. The van der Waals surface area contributed by atoms with Gasteiger partial charge in [0.25, 0.3) is 0 Å². The fourth-order valence-corrected chi connectivity index (χ4v) is 1.37. The van der Waals surface area contributed by atoms with E-state index in [1.54, 1.807) is 0 Å². The van der Waals surface area contributed by atoms with E-state index in [1.807, 2.05) is 6.20 Å². The van der Waals surface area contributed by atoms with Crippen LogP contribution in [0.1, 0.15) is 32.6 Å². The van der Waals surface area contributed by atoms with E-state index in [1.165, 1.54) is 37.0 Å². The van der Waals surface area contributed by atoms with E-state index in [2.05, 4.69) is 11.9 Å². The average Bonchev–Trinajstić information content (AvgIpc) is 2.71. The van der Waals surface area contributed by atoms with Crippen LogP contribution in [0.3, 0.4) is 0 Å². The molecule has 1 fully saturated rings. The first-order valence-electron chi connectivity index (χ1n) is 4.08. The second kappa shape index (κ2) is 2.22. The third kappa shape index (κ3) is 1.13. The van der Waals surface area contributed by atoms with Gasteiger partial charge in [-0.05, 0) is 38.5 Å². The molecular weight excluding hydrogens is 122 g/mol. The SMILES string of the molecule is CC1=CN=C(C2CC2)CC1. The Morgan fingerprint density at radius 3 is 2.70 bits per heavy atom. The Bertz CT molecular complexity index is 197. The van der Waals surface area contributed by atoms with Crippen LogP contribution in [0.15, 0.2) is 16.8 Å². The molecule has 0 aromatic heterocycles. The highest BCUT2D eigenvalue weighted by Crippen LogP contribution is 2.34. The van der Waals surface area contributed by atoms with Crippen LogP contribution in [-0.2, 0) is 0 Å². The minimum atomic E-state index is 0.879. The molecule has 0 amide bonds. The molecule has 0 saturated heterocycles. The van der Waals surface area contributed by atoms with E-state index in [-0.39, 0.29) is 0 Å². The van der Waals surface area contributed by atoms with Crippen LogP contribution in [-0.4, -0.2) is 5.71 Å². The molecule has 0 aromatic carbocycles. The summed E-state index contributed by atoms with van der Waals surface area (Å²) in [6.07, 6.45) is 7.30. The summed E-state index contributed by atoms with van der Waals surface area (Å²) < 4.78 is 0. The van der Waals surface area contributed by atoms with Gasteiger partial charge in [-0.25, -0.2) is 0 Å². The van der Waals surface area contributed by atoms with Crippen LogP contribution in [0.4, 0.5) is 0 Å². The number of hydrogen-bond donors (Lipinski definition) is 0. The summed E-state index contributed by atoms with van der Waals surface area (Å²) in [6.45, 7) is 2.16. The maximum absolute atomic E-state index is 4.43. The van der Waals surface area contributed by atoms with Gasteiger partial charge in [-0.3, -0.25) is 4.99 Å². The predicted molar refractivity (Wildman–Crippen MR) is 43.2 cm³/mol. The van der Waals surface area contributed by atoms with Gasteiger partial charge in [-0.2, -0.15) is 0 Å². The molecule has 0 unspecified atom stereocenters. The van der Waals surface area contributed by atoms with Crippen LogP contribution >= 0.6 is 0 Å². The highest BCUT2D eigenvalue weighted by Gasteiger charge is 2.27. The molecule has 1 nitrogen and oxygen atoms in total. The molecule has 2 aliphatic rings. The van der Waals surface area contributed by atoms with Crippen molar-refractivity contribution in [2.75, 3.05) is 0 Å². The van der Waals surface area contributed by atoms with Gasteiger partial charge < -0.3 is 0 Å². The lowest BCUT2D eigenvalue weighted by atomic mass is 10.0. The lowest BCUT2D eigenvalue weighted by Crippen LogP contribution is -2.03. The van der Waals surface area contributed by atoms with E-state index in [0.29, 0.717) is 0 Å². The highest BCUT2D eigenvalue weighted by molar-refractivity contribution is 5.90. The molecule has 0 spiro atoms. The van der Waals surface area contributed by atoms with Crippen molar-refractivity contribution in [3.05, 3.63) is 11.8 Å². The van der Waals surface area contributed by atoms with E-state index >= 15 is 0 Å². The second-order valence-corrected chi connectivity index (χ2v) is 3.37. The highest BCUT2D eigenvalue weighted by atomic mass is 14.7. The van der Waals surface area contributed by atoms with E-state index in [9.17, 15) is 0 Å². The van der Waals surface area contributed by atoms with Gasteiger partial charge >= 0.3 is 0 Å². The molecule has 1 saturated carbocycles. The van der Waals surface area contributed by atoms with Crippen LogP contribution in [0.25, 0.3) is 0 Å². The van der Waals surface area contributed by atoms with Gasteiger partial charge in [-0.1, -0.05) is 5.57 Å². The van der Waals surface area contributed by atoms with Crippen LogP contribution < -0.4 is 0 Å². The zero-order valence-corrected chi connectivity index (χ0v) is 6.43.